The number of carboxylic acids is 1. The molecule has 8 heteroatoms. The zero-order valence-corrected chi connectivity index (χ0v) is 13.4. The van der Waals surface area contributed by atoms with Gasteiger partial charge in [-0.3, -0.25) is 9.59 Å². The van der Waals surface area contributed by atoms with E-state index in [4.69, 9.17) is 5.11 Å². The lowest BCUT2D eigenvalue weighted by atomic mass is 9.92. The zero-order valence-electron chi connectivity index (χ0n) is 13.4. The van der Waals surface area contributed by atoms with Crippen LogP contribution in [0.3, 0.4) is 0 Å². The van der Waals surface area contributed by atoms with Gasteiger partial charge in [0.1, 0.15) is 5.41 Å². The van der Waals surface area contributed by atoms with Crippen molar-refractivity contribution in [2.24, 2.45) is 5.41 Å². The molecule has 1 saturated heterocycles. The smallest absolute Gasteiger partial charge is 0.416 e. The van der Waals surface area contributed by atoms with E-state index in [0.29, 0.717) is 25.2 Å². The molecular weight excluding hydrogens is 325 g/mol. The van der Waals surface area contributed by atoms with Crippen molar-refractivity contribution in [3.05, 3.63) is 29.8 Å². The Morgan fingerprint density at radius 1 is 1.21 bits per heavy atom. The number of nitrogens with one attached hydrogen (secondary N) is 1. The Hall–Kier alpha value is -2.25. The molecule has 24 heavy (non-hydrogen) atoms. The van der Waals surface area contributed by atoms with Crippen molar-refractivity contribution in [2.45, 2.75) is 32.5 Å². The van der Waals surface area contributed by atoms with E-state index >= 15 is 0 Å². The second kappa shape index (κ2) is 6.33. The minimum Gasteiger partial charge on any atom is -0.480 e. The van der Waals surface area contributed by atoms with E-state index < -0.39 is 29.0 Å². The summed E-state index contributed by atoms with van der Waals surface area (Å²) >= 11 is 0. The van der Waals surface area contributed by atoms with Gasteiger partial charge in [-0.2, -0.15) is 13.2 Å². The first-order valence-corrected chi connectivity index (χ1v) is 7.48. The number of benzene rings is 1. The fourth-order valence-corrected chi connectivity index (χ4v) is 2.44. The number of amides is 1. The molecule has 1 atom stereocenters. The van der Waals surface area contributed by atoms with Gasteiger partial charge >= 0.3 is 12.1 Å². The third-order valence-corrected chi connectivity index (χ3v) is 4.19. The number of aliphatic carboxylic acids is 1. The summed E-state index contributed by atoms with van der Waals surface area (Å²) in [6, 6.07) is 4.60. The topological polar surface area (TPSA) is 69.6 Å². The molecule has 1 amide bonds. The van der Waals surface area contributed by atoms with Crippen LogP contribution in [0.25, 0.3) is 0 Å². The van der Waals surface area contributed by atoms with Crippen LogP contribution in [0.2, 0.25) is 0 Å². The van der Waals surface area contributed by atoms with Gasteiger partial charge in [-0.1, -0.05) is 0 Å². The molecule has 1 aliphatic rings. The average Bonchev–Trinajstić information content (AvgIpc) is 2.94. The molecule has 0 aliphatic carbocycles. The average molecular weight is 344 g/mol. The first-order valence-electron chi connectivity index (χ1n) is 7.48. The lowest BCUT2D eigenvalue weighted by molar-refractivity contribution is -0.153. The van der Waals surface area contributed by atoms with Crippen molar-refractivity contribution in [3.8, 4) is 0 Å². The molecule has 1 heterocycles. The van der Waals surface area contributed by atoms with Crippen LogP contribution in [0.1, 0.15) is 25.8 Å². The van der Waals surface area contributed by atoms with Crippen LogP contribution in [0, 0.1) is 5.41 Å². The molecular formula is C16H19F3N2O3. The first kappa shape index (κ1) is 18.1. The maximum Gasteiger partial charge on any atom is 0.416 e. The lowest BCUT2D eigenvalue weighted by Gasteiger charge is -2.23. The van der Waals surface area contributed by atoms with Crippen LogP contribution in [0.4, 0.5) is 18.9 Å². The van der Waals surface area contributed by atoms with Gasteiger partial charge in [0, 0.05) is 24.8 Å². The highest BCUT2D eigenvalue weighted by atomic mass is 19.4. The summed E-state index contributed by atoms with van der Waals surface area (Å²) in [5.41, 5.74) is -1.60. The Balaban J connectivity index is 1.98. The first-order chi connectivity index (χ1) is 11.0. The SMILES string of the molecule is CC(C)(C(=O)O)C(=O)NC1CCN(c2ccc(C(F)(F)F)cc2)C1. The zero-order chi connectivity index (χ0) is 18.1. The van der Waals surface area contributed by atoms with Crippen molar-refractivity contribution >= 4 is 17.6 Å². The number of nitrogens with zero attached hydrogens (tertiary/aromatic N) is 1. The van der Waals surface area contributed by atoms with E-state index in [-0.39, 0.29) is 6.04 Å². The third-order valence-electron chi connectivity index (χ3n) is 4.19. The van der Waals surface area contributed by atoms with Crippen molar-refractivity contribution in [1.82, 2.24) is 5.32 Å². The van der Waals surface area contributed by atoms with Gasteiger partial charge in [0.25, 0.3) is 0 Å². The highest BCUT2D eigenvalue weighted by Gasteiger charge is 2.38. The van der Waals surface area contributed by atoms with Crippen molar-refractivity contribution < 1.29 is 27.9 Å². The molecule has 0 bridgehead atoms. The highest BCUT2D eigenvalue weighted by Crippen LogP contribution is 2.31. The van der Waals surface area contributed by atoms with E-state index in [9.17, 15) is 22.8 Å². The normalized spacial score (nSPS) is 18.5. The van der Waals surface area contributed by atoms with Crippen molar-refractivity contribution in [3.63, 3.8) is 0 Å². The Morgan fingerprint density at radius 2 is 1.79 bits per heavy atom. The number of carboxylic acid groups (broad SMARTS) is 1. The van der Waals surface area contributed by atoms with Gasteiger partial charge in [0.15, 0.2) is 0 Å². The summed E-state index contributed by atoms with van der Waals surface area (Å²) in [5, 5.41) is 11.7. The monoisotopic (exact) mass is 344 g/mol. The summed E-state index contributed by atoms with van der Waals surface area (Å²) in [6.07, 6.45) is -3.77. The van der Waals surface area contributed by atoms with Gasteiger partial charge in [-0.05, 0) is 44.5 Å². The number of carbonyl (C=O) groups is 2. The summed E-state index contributed by atoms with van der Waals surface area (Å²) in [4.78, 5) is 25.0. The van der Waals surface area contributed by atoms with Gasteiger partial charge in [-0.15, -0.1) is 0 Å². The molecule has 0 saturated carbocycles. The van der Waals surface area contributed by atoms with E-state index in [2.05, 4.69) is 5.32 Å². The van der Waals surface area contributed by atoms with E-state index in [0.717, 1.165) is 12.1 Å². The largest absolute Gasteiger partial charge is 0.480 e. The summed E-state index contributed by atoms with van der Waals surface area (Å²) < 4.78 is 37.7. The number of anilines is 1. The van der Waals surface area contributed by atoms with Crippen LogP contribution in [0.15, 0.2) is 24.3 Å². The predicted octanol–water partition coefficient (Wildman–Crippen LogP) is 2.51. The molecule has 0 aromatic heterocycles. The number of hydrogen-bond donors (Lipinski definition) is 2. The summed E-state index contributed by atoms with van der Waals surface area (Å²) in [5.74, 6) is -1.79. The molecule has 0 radical (unpaired) electrons. The second-order valence-electron chi connectivity index (χ2n) is 6.38. The standard InChI is InChI=1S/C16H19F3N2O3/c1-15(2,14(23)24)13(22)20-11-7-8-21(9-11)12-5-3-10(4-6-12)16(17,18)19/h3-6,11H,7-9H2,1-2H3,(H,20,22)(H,23,24). The van der Waals surface area contributed by atoms with Crippen LogP contribution in [-0.4, -0.2) is 36.1 Å². The molecule has 1 aliphatic heterocycles. The highest BCUT2D eigenvalue weighted by molar-refractivity contribution is 6.01. The van der Waals surface area contributed by atoms with Crippen LogP contribution >= 0.6 is 0 Å². The van der Waals surface area contributed by atoms with Crippen molar-refractivity contribution in [1.29, 1.82) is 0 Å². The molecule has 5 nitrogen and oxygen atoms in total. The van der Waals surface area contributed by atoms with Gasteiger partial charge in [-0.25, -0.2) is 0 Å². The fraction of sp³-hybridized carbons (Fsp3) is 0.500. The van der Waals surface area contributed by atoms with E-state index in [1.807, 2.05) is 4.90 Å². The molecule has 1 fully saturated rings. The summed E-state index contributed by atoms with van der Waals surface area (Å²) in [7, 11) is 0. The Bertz CT molecular complexity index is 626. The molecule has 1 unspecified atom stereocenters. The Labute approximate surface area is 137 Å². The van der Waals surface area contributed by atoms with E-state index in [1.165, 1.54) is 26.0 Å². The predicted molar refractivity (Wildman–Crippen MR) is 81.6 cm³/mol. The minimum atomic E-state index is -4.37. The Morgan fingerprint density at radius 3 is 2.29 bits per heavy atom. The van der Waals surface area contributed by atoms with Crippen LogP contribution in [0.5, 0.6) is 0 Å². The molecule has 1 aromatic rings. The number of carbonyl (C=O) groups excluding carboxylic acids is 1. The minimum absolute atomic E-state index is 0.238. The number of halogens is 3. The van der Waals surface area contributed by atoms with Gasteiger partial charge in [0.2, 0.25) is 5.91 Å². The molecule has 132 valence electrons. The fourth-order valence-electron chi connectivity index (χ4n) is 2.44. The number of rotatable bonds is 4. The number of alkyl halides is 3. The maximum atomic E-state index is 12.6. The van der Waals surface area contributed by atoms with Crippen molar-refractivity contribution in [2.75, 3.05) is 18.0 Å². The third kappa shape index (κ3) is 3.80. The van der Waals surface area contributed by atoms with Gasteiger partial charge < -0.3 is 15.3 Å². The maximum absolute atomic E-state index is 12.6. The lowest BCUT2D eigenvalue weighted by Crippen LogP contribution is -2.47. The number of hydrogen-bond acceptors (Lipinski definition) is 3. The van der Waals surface area contributed by atoms with Crippen LogP contribution < -0.4 is 10.2 Å². The molecule has 0 spiro atoms. The molecule has 1 aromatic carbocycles. The van der Waals surface area contributed by atoms with E-state index in [1.54, 1.807) is 0 Å². The summed E-state index contributed by atoms with van der Waals surface area (Å²) in [6.45, 7) is 3.65. The Kier molecular flexibility index (Phi) is 4.77. The quantitative estimate of drug-likeness (QED) is 0.824. The van der Waals surface area contributed by atoms with Crippen LogP contribution in [-0.2, 0) is 15.8 Å². The molecule has 2 N–H and O–H groups in total. The molecule has 2 rings (SSSR count). The van der Waals surface area contributed by atoms with Gasteiger partial charge in [0.05, 0.1) is 5.56 Å². The second-order valence-corrected chi connectivity index (χ2v) is 6.38.